The lowest BCUT2D eigenvalue weighted by Crippen LogP contribution is -2.58. The average molecular weight is 615 g/mol. The Kier molecular flexibility index (Phi) is 8.96. The van der Waals surface area contributed by atoms with Crippen LogP contribution in [-0.4, -0.2) is 68.2 Å². The standard InChI is InChI=1S/C26H25BrN2O3.C4H11NO3/c1-16-21(23(30)29-26-12-9-25(10-13-26,11-14-26)24(31)32)19-15-18(27)7-8-20(19)28-22(16)17-5-3-2-4-6-17;5-4(1-6,2-7)3-8/h2-8,15H,9-14H2,1H3,(H,29,30)(H,31,32);6-8H,1-3,5H2. The molecule has 7 N–H and O–H groups in total. The van der Waals surface area contributed by atoms with Gasteiger partial charge in [0.25, 0.3) is 5.91 Å². The van der Waals surface area contributed by atoms with Crippen LogP contribution in [0, 0.1) is 12.3 Å². The number of nitrogens with zero attached hydrogens (tertiary/aromatic N) is 1. The fourth-order valence-corrected chi connectivity index (χ4v) is 6.01. The van der Waals surface area contributed by atoms with Gasteiger partial charge in [-0.15, -0.1) is 0 Å². The number of fused-ring (bicyclic) bond motifs is 4. The van der Waals surface area contributed by atoms with E-state index in [0.29, 0.717) is 44.1 Å². The smallest absolute Gasteiger partial charge is 0.309 e. The van der Waals surface area contributed by atoms with Crippen molar-refractivity contribution in [2.75, 3.05) is 19.8 Å². The van der Waals surface area contributed by atoms with Crippen molar-refractivity contribution < 1.29 is 30.0 Å². The normalized spacial score (nSPS) is 21.9. The number of amides is 1. The SMILES string of the molecule is Cc1c(-c2ccccc2)nc2ccc(Br)cc2c1C(=O)NC12CCC(C(=O)O)(CC1)CC2.NC(CO)(CO)CO. The number of nitrogens with two attached hydrogens (primary N) is 1. The highest BCUT2D eigenvalue weighted by atomic mass is 79.9. The molecule has 0 radical (unpaired) electrons. The summed E-state index contributed by atoms with van der Waals surface area (Å²) in [5.41, 5.74) is 7.06. The zero-order chi connectivity index (χ0) is 29.1. The van der Waals surface area contributed by atoms with E-state index in [-0.39, 0.29) is 11.4 Å². The molecule has 0 spiro atoms. The molecule has 0 aliphatic heterocycles. The number of benzene rings is 2. The molecule has 2 aromatic carbocycles. The maximum absolute atomic E-state index is 13.8. The molecule has 1 aromatic heterocycles. The maximum atomic E-state index is 13.8. The molecule has 2 bridgehead atoms. The van der Waals surface area contributed by atoms with Crippen molar-refractivity contribution in [1.29, 1.82) is 0 Å². The minimum Gasteiger partial charge on any atom is -0.481 e. The van der Waals surface area contributed by atoms with Crippen LogP contribution in [0.2, 0.25) is 0 Å². The second-order valence-electron chi connectivity index (χ2n) is 11.1. The first-order valence-corrected chi connectivity index (χ1v) is 14.1. The van der Waals surface area contributed by atoms with Crippen LogP contribution in [0.4, 0.5) is 0 Å². The fourth-order valence-electron chi connectivity index (χ4n) is 5.65. The number of aliphatic carboxylic acids is 1. The minimum absolute atomic E-state index is 0.102. The summed E-state index contributed by atoms with van der Waals surface area (Å²) < 4.78 is 0.896. The number of hydrogen-bond donors (Lipinski definition) is 6. The van der Waals surface area contributed by atoms with E-state index in [2.05, 4.69) is 21.2 Å². The Morgan fingerprint density at radius 2 is 1.55 bits per heavy atom. The number of aromatic nitrogens is 1. The molecule has 3 aliphatic carbocycles. The summed E-state index contributed by atoms with van der Waals surface area (Å²) in [7, 11) is 0. The number of aliphatic hydroxyl groups is 3. The summed E-state index contributed by atoms with van der Waals surface area (Å²) in [4.78, 5) is 30.4. The lowest BCUT2D eigenvalue weighted by molar-refractivity contribution is -0.156. The molecule has 3 aliphatic rings. The van der Waals surface area contributed by atoms with Crippen molar-refractivity contribution in [3.05, 3.63) is 64.1 Å². The van der Waals surface area contributed by atoms with Gasteiger partial charge in [0.15, 0.2) is 0 Å². The number of halogens is 1. The quantitative estimate of drug-likeness (QED) is 0.235. The molecule has 0 unspecified atom stereocenters. The van der Waals surface area contributed by atoms with E-state index in [1.54, 1.807) is 0 Å². The number of carboxylic acids is 1. The Morgan fingerprint density at radius 3 is 2.05 bits per heavy atom. The van der Waals surface area contributed by atoms with Gasteiger partial charge in [-0.3, -0.25) is 9.59 Å². The third kappa shape index (κ3) is 5.91. The van der Waals surface area contributed by atoms with Crippen LogP contribution in [0.1, 0.15) is 54.4 Å². The highest BCUT2D eigenvalue weighted by Crippen LogP contribution is 2.52. The van der Waals surface area contributed by atoms with Gasteiger partial charge in [0.05, 0.1) is 47.5 Å². The van der Waals surface area contributed by atoms with Crippen LogP contribution in [-0.2, 0) is 4.79 Å². The van der Waals surface area contributed by atoms with Gasteiger partial charge >= 0.3 is 5.97 Å². The van der Waals surface area contributed by atoms with E-state index >= 15 is 0 Å². The predicted octanol–water partition coefficient (Wildman–Crippen LogP) is 3.54. The highest BCUT2D eigenvalue weighted by molar-refractivity contribution is 9.10. The largest absolute Gasteiger partial charge is 0.481 e. The number of carbonyl (C=O) groups excluding carboxylic acids is 1. The number of rotatable bonds is 7. The van der Waals surface area contributed by atoms with E-state index in [4.69, 9.17) is 26.0 Å². The summed E-state index contributed by atoms with van der Waals surface area (Å²) >= 11 is 3.54. The molecule has 1 heterocycles. The van der Waals surface area contributed by atoms with Crippen LogP contribution in [0.25, 0.3) is 22.2 Å². The molecule has 40 heavy (non-hydrogen) atoms. The van der Waals surface area contributed by atoms with Crippen LogP contribution in [0.3, 0.4) is 0 Å². The number of pyridine rings is 1. The number of hydrogen-bond acceptors (Lipinski definition) is 7. The second-order valence-corrected chi connectivity index (χ2v) is 12.1. The van der Waals surface area contributed by atoms with Crippen molar-refractivity contribution in [3.8, 4) is 11.3 Å². The van der Waals surface area contributed by atoms with Crippen molar-refractivity contribution >= 4 is 38.7 Å². The van der Waals surface area contributed by atoms with Gasteiger partial charge in [-0.1, -0.05) is 46.3 Å². The van der Waals surface area contributed by atoms with Gasteiger partial charge in [0.2, 0.25) is 0 Å². The lowest BCUT2D eigenvalue weighted by atomic mass is 9.57. The monoisotopic (exact) mass is 613 g/mol. The molecule has 3 fully saturated rings. The molecular formula is C30H36BrN3O6. The number of carbonyl (C=O) groups is 2. The van der Waals surface area contributed by atoms with E-state index in [9.17, 15) is 14.7 Å². The Balaban J connectivity index is 0.000000406. The molecule has 0 saturated heterocycles. The van der Waals surface area contributed by atoms with Gasteiger partial charge in [0.1, 0.15) is 0 Å². The predicted molar refractivity (Wildman–Crippen MR) is 156 cm³/mol. The summed E-state index contributed by atoms with van der Waals surface area (Å²) in [5, 5.41) is 38.9. The van der Waals surface area contributed by atoms with Gasteiger partial charge in [0, 0.05) is 21.0 Å². The van der Waals surface area contributed by atoms with Gasteiger partial charge in [-0.05, 0) is 69.2 Å². The molecular weight excluding hydrogens is 578 g/mol. The molecule has 10 heteroatoms. The molecule has 9 nitrogen and oxygen atoms in total. The van der Waals surface area contributed by atoms with E-state index in [0.717, 1.165) is 32.2 Å². The van der Waals surface area contributed by atoms with Crippen molar-refractivity contribution in [2.24, 2.45) is 11.1 Å². The molecule has 3 aromatic rings. The highest BCUT2D eigenvalue weighted by Gasteiger charge is 2.53. The summed E-state index contributed by atoms with van der Waals surface area (Å²) in [6.07, 6.45) is 4.01. The zero-order valence-corrected chi connectivity index (χ0v) is 24.1. The first-order chi connectivity index (χ1) is 19.0. The van der Waals surface area contributed by atoms with E-state index < -0.39 is 36.7 Å². The van der Waals surface area contributed by atoms with Crippen LogP contribution in [0.5, 0.6) is 0 Å². The Hall–Kier alpha value is -2.89. The molecule has 3 saturated carbocycles. The third-order valence-corrected chi connectivity index (χ3v) is 8.98. The van der Waals surface area contributed by atoms with E-state index in [1.807, 2.05) is 55.5 Å². The molecule has 1 amide bonds. The van der Waals surface area contributed by atoms with Gasteiger partial charge in [-0.2, -0.15) is 0 Å². The summed E-state index contributed by atoms with van der Waals surface area (Å²) in [6, 6.07) is 15.7. The fraction of sp³-hybridized carbons (Fsp3) is 0.433. The van der Waals surface area contributed by atoms with Crippen LogP contribution in [0.15, 0.2) is 53.0 Å². The first-order valence-electron chi connectivity index (χ1n) is 13.3. The minimum atomic E-state index is -1.21. The summed E-state index contributed by atoms with van der Waals surface area (Å²) in [6.45, 7) is 0.749. The van der Waals surface area contributed by atoms with Gasteiger partial charge < -0.3 is 31.5 Å². The van der Waals surface area contributed by atoms with Crippen molar-refractivity contribution in [3.63, 3.8) is 0 Å². The Labute approximate surface area is 241 Å². The van der Waals surface area contributed by atoms with Crippen LogP contribution < -0.4 is 11.1 Å². The molecule has 6 rings (SSSR count). The molecule has 0 atom stereocenters. The van der Waals surface area contributed by atoms with Crippen molar-refractivity contribution in [2.45, 2.75) is 56.5 Å². The summed E-state index contributed by atoms with van der Waals surface area (Å²) in [5.74, 6) is -0.791. The van der Waals surface area contributed by atoms with Gasteiger partial charge in [-0.25, -0.2) is 4.98 Å². The third-order valence-electron chi connectivity index (χ3n) is 8.49. The zero-order valence-electron chi connectivity index (χ0n) is 22.5. The van der Waals surface area contributed by atoms with Crippen LogP contribution >= 0.6 is 15.9 Å². The van der Waals surface area contributed by atoms with E-state index in [1.165, 1.54) is 0 Å². The second kappa shape index (κ2) is 11.9. The number of carboxylic acid groups (broad SMARTS) is 1. The Morgan fingerprint density at radius 1 is 0.975 bits per heavy atom. The first kappa shape index (κ1) is 30.1. The maximum Gasteiger partial charge on any atom is 0.309 e. The topological polar surface area (TPSA) is 166 Å². The van der Waals surface area contributed by atoms with Crippen molar-refractivity contribution in [1.82, 2.24) is 10.3 Å². The average Bonchev–Trinajstić information content (AvgIpc) is 2.98. The number of nitrogens with one attached hydrogen (secondary N) is 1. The number of aliphatic hydroxyl groups excluding tert-OH is 3. The lowest BCUT2D eigenvalue weighted by Gasteiger charge is -2.51. The Bertz CT molecular complexity index is 1360. The molecule has 214 valence electrons.